The number of anilines is 2. The first kappa shape index (κ1) is 15.6. The fraction of sp³-hybridized carbons (Fsp3) is 0.312. The largest absolute Gasteiger partial charge is 0.360 e. The van der Waals surface area contributed by atoms with Crippen molar-refractivity contribution in [2.75, 3.05) is 16.8 Å². The minimum absolute atomic E-state index is 0.0959. The summed E-state index contributed by atoms with van der Waals surface area (Å²) in [6.07, 6.45) is 0.161. The van der Waals surface area contributed by atoms with E-state index < -0.39 is 5.92 Å². The van der Waals surface area contributed by atoms with Crippen LogP contribution in [0.3, 0.4) is 0 Å². The van der Waals surface area contributed by atoms with Crippen LogP contribution < -0.4 is 10.2 Å². The second kappa shape index (κ2) is 6.04. The van der Waals surface area contributed by atoms with Crippen LogP contribution in [0.25, 0.3) is 0 Å². The van der Waals surface area contributed by atoms with Gasteiger partial charge in [-0.15, -0.1) is 0 Å². The number of nitrogens with one attached hydrogen (secondary N) is 1. The van der Waals surface area contributed by atoms with E-state index in [-0.39, 0.29) is 18.2 Å². The van der Waals surface area contributed by atoms with Gasteiger partial charge in [0.05, 0.1) is 5.92 Å². The van der Waals surface area contributed by atoms with Gasteiger partial charge in [0.15, 0.2) is 5.82 Å². The van der Waals surface area contributed by atoms with E-state index >= 15 is 0 Å². The smallest absolute Gasteiger partial charge is 0.231 e. The van der Waals surface area contributed by atoms with Gasteiger partial charge < -0.3 is 14.7 Å². The van der Waals surface area contributed by atoms with E-state index in [1.807, 2.05) is 19.1 Å². The molecule has 1 saturated heterocycles. The molecule has 1 N–H and O–H groups in total. The molecule has 1 atom stereocenters. The lowest BCUT2D eigenvalue weighted by atomic mass is 10.1. The third-order valence-electron chi connectivity index (χ3n) is 3.84. The maximum absolute atomic E-state index is 12.3. The number of carbonyl (C=O) groups excluding carboxylic acids is 2. The van der Waals surface area contributed by atoms with Crippen molar-refractivity contribution >= 4 is 34.9 Å². The molecule has 1 aliphatic heterocycles. The molecular formula is C16H16ClN3O3. The minimum Gasteiger partial charge on any atom is -0.360 e. The van der Waals surface area contributed by atoms with Crippen LogP contribution in [0.5, 0.6) is 0 Å². The first-order valence-corrected chi connectivity index (χ1v) is 7.62. The molecule has 6 nitrogen and oxygen atoms in total. The zero-order valence-electron chi connectivity index (χ0n) is 12.8. The van der Waals surface area contributed by atoms with E-state index in [2.05, 4.69) is 10.5 Å². The van der Waals surface area contributed by atoms with E-state index in [4.69, 9.17) is 16.1 Å². The van der Waals surface area contributed by atoms with Gasteiger partial charge in [0.2, 0.25) is 11.8 Å². The SMILES string of the molecule is Cc1cc(NC(=O)[C@H]2CC(=O)N(c3ccc(C)c(Cl)c3)C2)no1. The molecule has 2 aromatic rings. The molecule has 1 aromatic heterocycles. The van der Waals surface area contributed by atoms with Crippen LogP contribution in [-0.4, -0.2) is 23.5 Å². The Morgan fingerprint density at radius 2 is 2.17 bits per heavy atom. The number of rotatable bonds is 3. The normalized spacial score (nSPS) is 17.6. The van der Waals surface area contributed by atoms with Crippen molar-refractivity contribution in [3.05, 3.63) is 40.6 Å². The van der Waals surface area contributed by atoms with Crippen LogP contribution >= 0.6 is 11.6 Å². The van der Waals surface area contributed by atoms with Crippen molar-refractivity contribution in [1.29, 1.82) is 0 Å². The van der Waals surface area contributed by atoms with Crippen molar-refractivity contribution in [2.45, 2.75) is 20.3 Å². The lowest BCUT2D eigenvalue weighted by Crippen LogP contribution is -2.28. The Bertz CT molecular complexity index is 772. The van der Waals surface area contributed by atoms with Gasteiger partial charge in [0.25, 0.3) is 0 Å². The molecule has 0 unspecified atom stereocenters. The third-order valence-corrected chi connectivity index (χ3v) is 4.25. The number of benzene rings is 1. The average molecular weight is 334 g/mol. The quantitative estimate of drug-likeness (QED) is 0.937. The number of hydrogen-bond donors (Lipinski definition) is 1. The molecule has 1 aliphatic rings. The standard InChI is InChI=1S/C16H16ClN3O3/c1-9-3-4-12(7-13(9)17)20-8-11(6-15(20)21)16(22)18-14-5-10(2)23-19-14/h3-5,7,11H,6,8H2,1-2H3,(H,18,19,22)/t11-/m0/s1. The fourth-order valence-corrected chi connectivity index (χ4v) is 2.71. The summed E-state index contributed by atoms with van der Waals surface area (Å²) in [5.41, 5.74) is 1.65. The van der Waals surface area contributed by atoms with Crippen molar-refractivity contribution in [1.82, 2.24) is 5.16 Å². The number of halogens is 1. The molecule has 1 aromatic carbocycles. The topological polar surface area (TPSA) is 75.4 Å². The molecule has 2 heterocycles. The Labute approximate surface area is 138 Å². The number of aryl methyl sites for hydroxylation is 2. The summed E-state index contributed by atoms with van der Waals surface area (Å²) in [4.78, 5) is 26.1. The summed E-state index contributed by atoms with van der Waals surface area (Å²) < 4.78 is 4.91. The van der Waals surface area contributed by atoms with Crippen LogP contribution in [0.15, 0.2) is 28.8 Å². The minimum atomic E-state index is -0.431. The predicted molar refractivity (Wildman–Crippen MR) is 86.5 cm³/mol. The molecular weight excluding hydrogens is 318 g/mol. The molecule has 1 fully saturated rings. The zero-order chi connectivity index (χ0) is 16.6. The molecule has 0 spiro atoms. The maximum Gasteiger partial charge on any atom is 0.231 e. The maximum atomic E-state index is 12.3. The van der Waals surface area contributed by atoms with Crippen LogP contribution in [0.4, 0.5) is 11.5 Å². The Morgan fingerprint density at radius 1 is 1.39 bits per heavy atom. The first-order chi connectivity index (χ1) is 10.9. The molecule has 3 rings (SSSR count). The molecule has 0 saturated carbocycles. The Kier molecular flexibility index (Phi) is 4.09. The van der Waals surface area contributed by atoms with Gasteiger partial charge in [-0.1, -0.05) is 22.8 Å². The number of amides is 2. The Hall–Kier alpha value is -2.34. The highest BCUT2D eigenvalue weighted by molar-refractivity contribution is 6.31. The highest BCUT2D eigenvalue weighted by Crippen LogP contribution is 2.29. The van der Waals surface area contributed by atoms with Gasteiger partial charge >= 0.3 is 0 Å². The van der Waals surface area contributed by atoms with Crippen molar-refractivity contribution < 1.29 is 14.1 Å². The molecule has 0 aliphatic carbocycles. The van der Waals surface area contributed by atoms with E-state index in [0.717, 1.165) is 5.56 Å². The van der Waals surface area contributed by atoms with E-state index in [9.17, 15) is 9.59 Å². The molecule has 0 bridgehead atoms. The summed E-state index contributed by atoms with van der Waals surface area (Å²) in [7, 11) is 0. The van der Waals surface area contributed by atoms with Crippen LogP contribution in [0.1, 0.15) is 17.7 Å². The second-order valence-corrected chi connectivity index (χ2v) is 6.06. The fourth-order valence-electron chi connectivity index (χ4n) is 2.54. The number of hydrogen-bond acceptors (Lipinski definition) is 4. The monoisotopic (exact) mass is 333 g/mol. The number of aromatic nitrogens is 1. The van der Waals surface area contributed by atoms with Crippen molar-refractivity contribution in [2.24, 2.45) is 5.92 Å². The van der Waals surface area contributed by atoms with Gasteiger partial charge in [-0.3, -0.25) is 9.59 Å². The summed E-state index contributed by atoms with van der Waals surface area (Å²) in [5, 5.41) is 6.99. The molecule has 0 radical (unpaired) electrons. The Balaban J connectivity index is 1.71. The van der Waals surface area contributed by atoms with Gasteiger partial charge in [-0.2, -0.15) is 0 Å². The lowest BCUT2D eigenvalue weighted by Gasteiger charge is -2.17. The first-order valence-electron chi connectivity index (χ1n) is 7.25. The van der Waals surface area contributed by atoms with Crippen LogP contribution in [0, 0.1) is 19.8 Å². The summed E-state index contributed by atoms with van der Waals surface area (Å²) in [6, 6.07) is 7.07. The average Bonchev–Trinajstić information content (AvgIpc) is 3.08. The highest BCUT2D eigenvalue weighted by atomic mass is 35.5. The molecule has 2 amide bonds. The van der Waals surface area contributed by atoms with E-state index in [1.165, 1.54) is 0 Å². The molecule has 7 heteroatoms. The number of carbonyl (C=O) groups is 2. The summed E-state index contributed by atoms with van der Waals surface area (Å²) in [5.74, 6) is 0.198. The second-order valence-electron chi connectivity index (χ2n) is 5.65. The van der Waals surface area contributed by atoms with Gasteiger partial charge in [-0.25, -0.2) is 0 Å². The highest BCUT2D eigenvalue weighted by Gasteiger charge is 2.35. The zero-order valence-corrected chi connectivity index (χ0v) is 13.6. The Morgan fingerprint density at radius 3 is 2.83 bits per heavy atom. The third kappa shape index (κ3) is 3.22. The van der Waals surface area contributed by atoms with Gasteiger partial charge in [-0.05, 0) is 31.5 Å². The lowest BCUT2D eigenvalue weighted by molar-refractivity contribution is -0.122. The van der Waals surface area contributed by atoms with Crippen LogP contribution in [0.2, 0.25) is 5.02 Å². The van der Waals surface area contributed by atoms with Gasteiger partial charge in [0.1, 0.15) is 5.76 Å². The van der Waals surface area contributed by atoms with Crippen LogP contribution in [-0.2, 0) is 9.59 Å². The summed E-state index contributed by atoms with van der Waals surface area (Å²) in [6.45, 7) is 3.96. The molecule has 23 heavy (non-hydrogen) atoms. The molecule has 120 valence electrons. The summed E-state index contributed by atoms with van der Waals surface area (Å²) >= 11 is 6.11. The van der Waals surface area contributed by atoms with Gasteiger partial charge in [0, 0.05) is 29.7 Å². The van der Waals surface area contributed by atoms with E-state index in [1.54, 1.807) is 24.0 Å². The predicted octanol–water partition coefficient (Wildman–Crippen LogP) is 2.94. The van der Waals surface area contributed by atoms with Crippen molar-refractivity contribution in [3.63, 3.8) is 0 Å². The number of nitrogens with zero attached hydrogens (tertiary/aromatic N) is 2. The van der Waals surface area contributed by atoms with Crippen molar-refractivity contribution in [3.8, 4) is 0 Å². The van der Waals surface area contributed by atoms with E-state index in [0.29, 0.717) is 28.8 Å².